The minimum Gasteiger partial charge on any atom is -0.494 e. The van der Waals surface area contributed by atoms with Crippen molar-refractivity contribution in [2.45, 2.75) is 45.6 Å². The lowest BCUT2D eigenvalue weighted by Crippen LogP contribution is -2.41. The van der Waals surface area contributed by atoms with Crippen LogP contribution >= 0.6 is 0 Å². The molecule has 7 heteroatoms. The molecule has 1 unspecified atom stereocenters. The Kier molecular flexibility index (Phi) is 7.02. The van der Waals surface area contributed by atoms with Crippen LogP contribution in [0.1, 0.15) is 49.4 Å². The van der Waals surface area contributed by atoms with Gasteiger partial charge in [0, 0.05) is 0 Å². The zero-order valence-electron chi connectivity index (χ0n) is 17.8. The van der Waals surface area contributed by atoms with Crippen LogP contribution in [0.25, 0.3) is 0 Å². The Morgan fingerprint density at radius 1 is 1.10 bits per heavy atom. The van der Waals surface area contributed by atoms with Crippen LogP contribution in [0.5, 0.6) is 5.75 Å². The van der Waals surface area contributed by atoms with E-state index in [-0.39, 0.29) is 18.5 Å². The van der Waals surface area contributed by atoms with Gasteiger partial charge in [0.25, 0.3) is 0 Å². The molecular weight excluding hydrogens is 400 g/mol. The first-order valence-corrected chi connectivity index (χ1v) is 12.2. The first kappa shape index (κ1) is 22.2. The predicted molar refractivity (Wildman–Crippen MR) is 119 cm³/mol. The van der Waals surface area contributed by atoms with Gasteiger partial charge in [-0.05, 0) is 80.5 Å². The van der Waals surface area contributed by atoms with E-state index in [9.17, 15) is 13.2 Å². The van der Waals surface area contributed by atoms with Gasteiger partial charge in [0.15, 0.2) is 0 Å². The minimum absolute atomic E-state index is 0.202. The number of carbonyl (C=O) groups excluding carboxylic acids is 1. The zero-order chi connectivity index (χ0) is 21.7. The SMILES string of the molecule is CCOc1ccc(N(CC(=O)NC(C)c2ccc3c(c2)CCCC3)S(C)(=O)=O)cc1. The van der Waals surface area contributed by atoms with Gasteiger partial charge in [0.2, 0.25) is 15.9 Å². The number of sulfonamides is 1. The molecule has 1 atom stereocenters. The van der Waals surface area contributed by atoms with E-state index < -0.39 is 10.0 Å². The Morgan fingerprint density at radius 2 is 1.77 bits per heavy atom. The van der Waals surface area contributed by atoms with E-state index >= 15 is 0 Å². The second-order valence-corrected chi connectivity index (χ2v) is 9.63. The van der Waals surface area contributed by atoms with Crippen molar-refractivity contribution >= 4 is 21.6 Å². The molecule has 0 saturated heterocycles. The van der Waals surface area contributed by atoms with Crippen LogP contribution in [0.15, 0.2) is 42.5 Å². The van der Waals surface area contributed by atoms with Crippen molar-refractivity contribution in [3.05, 3.63) is 59.2 Å². The summed E-state index contributed by atoms with van der Waals surface area (Å²) < 4.78 is 31.1. The number of anilines is 1. The number of benzene rings is 2. The highest BCUT2D eigenvalue weighted by Gasteiger charge is 2.22. The number of nitrogens with zero attached hydrogens (tertiary/aromatic N) is 1. The Hall–Kier alpha value is -2.54. The molecule has 2 aromatic rings. The van der Waals surface area contributed by atoms with Crippen LogP contribution in [0.3, 0.4) is 0 Å². The summed E-state index contributed by atoms with van der Waals surface area (Å²) in [6.07, 6.45) is 5.71. The molecule has 0 spiro atoms. The summed E-state index contributed by atoms with van der Waals surface area (Å²) in [4.78, 5) is 12.7. The fourth-order valence-electron chi connectivity index (χ4n) is 3.80. The number of amides is 1. The van der Waals surface area contributed by atoms with Crippen LogP contribution in [-0.2, 0) is 27.7 Å². The fraction of sp³-hybridized carbons (Fsp3) is 0.435. The molecule has 0 heterocycles. The zero-order valence-corrected chi connectivity index (χ0v) is 18.7. The first-order chi connectivity index (χ1) is 14.3. The normalized spacial score (nSPS) is 14.5. The molecule has 1 amide bonds. The van der Waals surface area contributed by atoms with E-state index in [1.54, 1.807) is 24.3 Å². The topological polar surface area (TPSA) is 75.7 Å². The second-order valence-electron chi connectivity index (χ2n) is 7.72. The second kappa shape index (κ2) is 9.51. The van der Waals surface area contributed by atoms with E-state index in [4.69, 9.17) is 4.74 Å². The third-order valence-electron chi connectivity index (χ3n) is 5.37. The van der Waals surface area contributed by atoms with Gasteiger partial charge in [-0.1, -0.05) is 18.2 Å². The molecule has 6 nitrogen and oxygen atoms in total. The monoisotopic (exact) mass is 430 g/mol. The lowest BCUT2D eigenvalue weighted by atomic mass is 9.89. The highest BCUT2D eigenvalue weighted by Crippen LogP contribution is 2.25. The molecule has 0 aliphatic heterocycles. The summed E-state index contributed by atoms with van der Waals surface area (Å²) in [5, 5.41) is 2.94. The molecule has 0 radical (unpaired) electrons. The summed E-state index contributed by atoms with van der Waals surface area (Å²) in [6, 6.07) is 12.9. The smallest absolute Gasteiger partial charge is 0.241 e. The highest BCUT2D eigenvalue weighted by molar-refractivity contribution is 7.92. The number of ether oxygens (including phenoxy) is 1. The first-order valence-electron chi connectivity index (χ1n) is 10.4. The summed E-state index contributed by atoms with van der Waals surface area (Å²) in [6.45, 7) is 4.05. The van der Waals surface area contributed by atoms with Crippen LogP contribution in [0.2, 0.25) is 0 Å². The maximum absolute atomic E-state index is 12.7. The number of nitrogens with one attached hydrogen (secondary N) is 1. The van der Waals surface area contributed by atoms with E-state index in [2.05, 4.69) is 23.5 Å². The summed E-state index contributed by atoms with van der Waals surface area (Å²) >= 11 is 0. The third kappa shape index (κ3) is 5.53. The van der Waals surface area contributed by atoms with Gasteiger partial charge in [-0.25, -0.2) is 8.42 Å². The lowest BCUT2D eigenvalue weighted by Gasteiger charge is -2.24. The summed E-state index contributed by atoms with van der Waals surface area (Å²) in [7, 11) is -3.62. The highest BCUT2D eigenvalue weighted by atomic mass is 32.2. The van der Waals surface area contributed by atoms with Crippen LogP contribution in [0, 0.1) is 0 Å². The molecule has 162 valence electrons. The minimum atomic E-state index is -3.62. The third-order valence-corrected chi connectivity index (χ3v) is 6.51. The Morgan fingerprint density at radius 3 is 2.40 bits per heavy atom. The molecule has 0 bridgehead atoms. The van der Waals surface area contributed by atoms with Crippen molar-refractivity contribution in [1.29, 1.82) is 0 Å². The molecule has 0 aromatic heterocycles. The van der Waals surface area contributed by atoms with Crippen molar-refractivity contribution in [3.8, 4) is 5.75 Å². The molecule has 30 heavy (non-hydrogen) atoms. The molecule has 0 saturated carbocycles. The molecule has 2 aromatic carbocycles. The standard InChI is InChI=1S/C23H30N2O4S/c1-4-29-22-13-11-21(12-14-22)25(30(3,27)28)16-23(26)24-17(2)19-10-9-18-7-5-6-8-20(18)15-19/h9-15,17H,4-8,16H2,1-3H3,(H,24,26). The maximum Gasteiger partial charge on any atom is 0.241 e. The van der Waals surface area contributed by atoms with Crippen molar-refractivity contribution in [3.63, 3.8) is 0 Å². The lowest BCUT2D eigenvalue weighted by molar-refractivity contribution is -0.120. The van der Waals surface area contributed by atoms with E-state index in [1.165, 1.54) is 24.0 Å². The maximum atomic E-state index is 12.7. The summed E-state index contributed by atoms with van der Waals surface area (Å²) in [5.74, 6) is 0.305. The Balaban J connectivity index is 1.70. The molecule has 1 N–H and O–H groups in total. The van der Waals surface area contributed by atoms with E-state index in [0.717, 1.165) is 29.0 Å². The predicted octanol–water partition coefficient (Wildman–Crippen LogP) is 3.61. The van der Waals surface area contributed by atoms with Gasteiger partial charge in [-0.2, -0.15) is 0 Å². The molecule has 1 aliphatic carbocycles. The van der Waals surface area contributed by atoms with Crippen LogP contribution in [-0.4, -0.2) is 33.7 Å². The van der Waals surface area contributed by atoms with Crippen molar-refractivity contribution in [2.75, 3.05) is 23.7 Å². The number of rotatable bonds is 8. The van der Waals surface area contributed by atoms with Crippen molar-refractivity contribution in [2.24, 2.45) is 0 Å². The van der Waals surface area contributed by atoms with Gasteiger partial charge < -0.3 is 10.1 Å². The number of hydrogen-bond donors (Lipinski definition) is 1. The molecule has 3 rings (SSSR count). The van der Waals surface area contributed by atoms with Gasteiger partial charge in [0.05, 0.1) is 24.6 Å². The van der Waals surface area contributed by atoms with Gasteiger partial charge in [-0.15, -0.1) is 0 Å². The quantitative estimate of drug-likeness (QED) is 0.694. The van der Waals surface area contributed by atoms with E-state index in [0.29, 0.717) is 18.0 Å². The van der Waals surface area contributed by atoms with Crippen molar-refractivity contribution in [1.82, 2.24) is 5.32 Å². The van der Waals surface area contributed by atoms with Crippen LogP contribution < -0.4 is 14.4 Å². The number of aryl methyl sites for hydroxylation is 2. The van der Waals surface area contributed by atoms with Crippen molar-refractivity contribution < 1.29 is 17.9 Å². The largest absolute Gasteiger partial charge is 0.494 e. The van der Waals surface area contributed by atoms with Crippen LogP contribution in [0.4, 0.5) is 5.69 Å². The molecule has 1 aliphatic rings. The van der Waals surface area contributed by atoms with Gasteiger partial charge in [0.1, 0.15) is 12.3 Å². The molecular formula is C23H30N2O4S. The van der Waals surface area contributed by atoms with E-state index in [1.807, 2.05) is 13.8 Å². The number of carbonyl (C=O) groups is 1. The number of fused-ring (bicyclic) bond motifs is 1. The number of hydrogen-bond acceptors (Lipinski definition) is 4. The Labute approximate surface area is 179 Å². The fourth-order valence-corrected chi connectivity index (χ4v) is 4.66. The average Bonchev–Trinajstić information content (AvgIpc) is 2.72. The van der Waals surface area contributed by atoms with Gasteiger partial charge in [-0.3, -0.25) is 9.10 Å². The average molecular weight is 431 g/mol. The Bertz CT molecular complexity index is 987. The summed E-state index contributed by atoms with van der Waals surface area (Å²) in [5.41, 5.74) is 4.21. The van der Waals surface area contributed by atoms with Gasteiger partial charge >= 0.3 is 0 Å². The molecule has 0 fully saturated rings.